The number of carbonyl (C=O) groups is 1. The molecule has 1 amide bonds. The van der Waals surface area contributed by atoms with E-state index in [2.05, 4.69) is 35.0 Å². The minimum atomic E-state index is 0.193. The minimum absolute atomic E-state index is 0.193. The van der Waals surface area contributed by atoms with Crippen LogP contribution in [0.3, 0.4) is 0 Å². The molecule has 3 aromatic heterocycles. The molecule has 0 spiro atoms. The van der Waals surface area contributed by atoms with Gasteiger partial charge in [0.2, 0.25) is 5.91 Å². The van der Waals surface area contributed by atoms with Crippen molar-refractivity contribution in [3.05, 3.63) is 74.6 Å². The first-order valence-electron chi connectivity index (χ1n) is 9.20. The van der Waals surface area contributed by atoms with Gasteiger partial charge in [-0.25, -0.2) is 4.98 Å². The van der Waals surface area contributed by atoms with Gasteiger partial charge in [0, 0.05) is 28.4 Å². The zero-order valence-corrected chi connectivity index (χ0v) is 17.6. The van der Waals surface area contributed by atoms with Crippen LogP contribution in [-0.4, -0.2) is 22.3 Å². The number of benzene rings is 1. The van der Waals surface area contributed by atoms with Gasteiger partial charge in [-0.05, 0) is 34.9 Å². The van der Waals surface area contributed by atoms with Crippen LogP contribution >= 0.6 is 34.0 Å². The van der Waals surface area contributed by atoms with Gasteiger partial charge in [-0.15, -0.1) is 34.0 Å². The maximum Gasteiger partial charge on any atom is 0.228 e. The summed E-state index contributed by atoms with van der Waals surface area (Å²) in [5.41, 5.74) is 3.36. The molecule has 0 N–H and O–H groups in total. The summed E-state index contributed by atoms with van der Waals surface area (Å²) in [4.78, 5) is 23.6. The lowest BCUT2D eigenvalue weighted by atomic mass is 10.1. The number of thiazole rings is 1. The molecular weight excluding hydrogens is 404 g/mol. The fraction of sp³-hybridized carbons (Fsp3) is 0.182. The molecule has 0 aliphatic carbocycles. The first-order chi connectivity index (χ1) is 13.8. The van der Waals surface area contributed by atoms with Crippen LogP contribution in [0.1, 0.15) is 15.3 Å². The Morgan fingerprint density at radius 1 is 1.04 bits per heavy atom. The summed E-state index contributed by atoms with van der Waals surface area (Å²) in [5.74, 6) is 0.193. The van der Waals surface area contributed by atoms with Gasteiger partial charge in [0.05, 0.1) is 17.0 Å². The summed E-state index contributed by atoms with van der Waals surface area (Å²) in [6.45, 7) is 1.54. The van der Waals surface area contributed by atoms with E-state index >= 15 is 0 Å². The molecule has 140 valence electrons. The lowest BCUT2D eigenvalue weighted by Gasteiger charge is -2.27. The van der Waals surface area contributed by atoms with Gasteiger partial charge < -0.3 is 4.90 Å². The Balaban J connectivity index is 1.44. The molecule has 1 aliphatic rings. The second kappa shape index (κ2) is 7.62. The van der Waals surface area contributed by atoms with Gasteiger partial charge >= 0.3 is 0 Å². The zero-order chi connectivity index (χ0) is 18.9. The van der Waals surface area contributed by atoms with Crippen molar-refractivity contribution in [2.75, 3.05) is 6.54 Å². The van der Waals surface area contributed by atoms with Gasteiger partial charge in [0.1, 0.15) is 5.01 Å². The number of nitrogens with zero attached hydrogens (tertiary/aromatic N) is 2. The normalized spacial score (nSPS) is 13.5. The second-order valence-corrected chi connectivity index (χ2v) is 9.78. The van der Waals surface area contributed by atoms with Crippen LogP contribution in [0.5, 0.6) is 0 Å². The highest BCUT2D eigenvalue weighted by atomic mass is 32.1. The number of hydrogen-bond donors (Lipinski definition) is 0. The lowest BCUT2D eigenvalue weighted by molar-refractivity contribution is -0.131. The molecule has 0 atom stereocenters. The quantitative estimate of drug-likeness (QED) is 0.421. The summed E-state index contributed by atoms with van der Waals surface area (Å²) < 4.78 is 0. The first kappa shape index (κ1) is 17.8. The van der Waals surface area contributed by atoms with E-state index in [1.54, 1.807) is 34.0 Å². The van der Waals surface area contributed by atoms with Crippen molar-refractivity contribution in [2.45, 2.75) is 19.4 Å². The standard InChI is InChI=1S/C22H18N2OS3/c25-20(24-10-8-17-16(14-24)9-12-27-17)13-19-21(18-7-4-11-26-18)23-22(28-19)15-5-2-1-3-6-15/h1-7,9,11-12H,8,10,13-14H2. The molecule has 0 saturated heterocycles. The van der Waals surface area contributed by atoms with Crippen molar-refractivity contribution in [3.63, 3.8) is 0 Å². The Morgan fingerprint density at radius 2 is 1.93 bits per heavy atom. The van der Waals surface area contributed by atoms with Crippen LogP contribution in [0, 0.1) is 0 Å². The van der Waals surface area contributed by atoms with E-state index in [0.29, 0.717) is 6.42 Å². The molecule has 6 heteroatoms. The van der Waals surface area contributed by atoms with Crippen LogP contribution < -0.4 is 0 Å². The predicted octanol–water partition coefficient (Wildman–Crippen LogP) is 5.73. The monoisotopic (exact) mass is 422 g/mol. The summed E-state index contributed by atoms with van der Waals surface area (Å²) in [6.07, 6.45) is 1.38. The molecule has 4 aromatic rings. The van der Waals surface area contributed by atoms with Crippen LogP contribution in [0.25, 0.3) is 21.1 Å². The van der Waals surface area contributed by atoms with Crippen molar-refractivity contribution >= 4 is 39.9 Å². The van der Waals surface area contributed by atoms with Crippen molar-refractivity contribution in [1.82, 2.24) is 9.88 Å². The zero-order valence-electron chi connectivity index (χ0n) is 15.1. The third-order valence-corrected chi connectivity index (χ3v) is 7.95. The summed E-state index contributed by atoms with van der Waals surface area (Å²) >= 11 is 5.11. The number of carbonyl (C=O) groups excluding carboxylic acids is 1. The SMILES string of the molecule is O=C(Cc1sc(-c2ccccc2)nc1-c1cccs1)N1CCc2sccc2C1. The molecule has 1 aromatic carbocycles. The predicted molar refractivity (Wildman–Crippen MR) is 118 cm³/mol. The lowest BCUT2D eigenvalue weighted by Crippen LogP contribution is -2.36. The number of amides is 1. The highest BCUT2D eigenvalue weighted by molar-refractivity contribution is 7.17. The highest BCUT2D eigenvalue weighted by Crippen LogP contribution is 2.36. The molecule has 0 fully saturated rings. The average Bonchev–Trinajstić information content (AvgIpc) is 3.48. The third kappa shape index (κ3) is 3.43. The van der Waals surface area contributed by atoms with E-state index in [9.17, 15) is 4.79 Å². The molecule has 3 nitrogen and oxygen atoms in total. The molecule has 0 bridgehead atoms. The van der Waals surface area contributed by atoms with E-state index in [1.165, 1.54) is 10.4 Å². The van der Waals surface area contributed by atoms with Crippen LogP contribution in [-0.2, 0) is 24.2 Å². The molecule has 0 unspecified atom stereocenters. The number of hydrogen-bond acceptors (Lipinski definition) is 5. The summed E-state index contributed by atoms with van der Waals surface area (Å²) in [5, 5.41) is 5.17. The van der Waals surface area contributed by atoms with Crippen LogP contribution in [0.15, 0.2) is 59.3 Å². The maximum atomic E-state index is 13.1. The number of rotatable bonds is 4. The average molecular weight is 423 g/mol. The van der Waals surface area contributed by atoms with Crippen molar-refractivity contribution in [1.29, 1.82) is 0 Å². The Hall–Kier alpha value is -2.28. The van der Waals surface area contributed by atoms with E-state index in [0.717, 1.165) is 45.5 Å². The maximum absolute atomic E-state index is 13.1. The van der Waals surface area contributed by atoms with Crippen molar-refractivity contribution in [3.8, 4) is 21.1 Å². The molecule has 5 rings (SSSR count). The summed E-state index contributed by atoms with van der Waals surface area (Å²) in [7, 11) is 0. The van der Waals surface area contributed by atoms with E-state index in [-0.39, 0.29) is 5.91 Å². The molecule has 1 aliphatic heterocycles. The van der Waals surface area contributed by atoms with E-state index < -0.39 is 0 Å². The van der Waals surface area contributed by atoms with Gasteiger partial charge in [-0.3, -0.25) is 4.79 Å². The number of fused-ring (bicyclic) bond motifs is 1. The minimum Gasteiger partial charge on any atom is -0.338 e. The fourth-order valence-electron chi connectivity index (χ4n) is 3.49. The fourth-order valence-corrected chi connectivity index (χ4v) is 6.26. The largest absolute Gasteiger partial charge is 0.338 e. The Bertz CT molecular complexity index is 1100. The topological polar surface area (TPSA) is 33.2 Å². The molecule has 28 heavy (non-hydrogen) atoms. The number of aromatic nitrogens is 1. The second-order valence-electron chi connectivity index (χ2n) is 6.75. The Kier molecular flexibility index (Phi) is 4.84. The smallest absolute Gasteiger partial charge is 0.228 e. The van der Waals surface area contributed by atoms with Crippen molar-refractivity contribution < 1.29 is 4.79 Å². The van der Waals surface area contributed by atoms with Crippen LogP contribution in [0.2, 0.25) is 0 Å². The van der Waals surface area contributed by atoms with Crippen molar-refractivity contribution in [2.24, 2.45) is 0 Å². The molecule has 0 saturated carbocycles. The summed E-state index contributed by atoms with van der Waals surface area (Å²) in [6, 6.07) is 16.5. The Morgan fingerprint density at radius 3 is 2.75 bits per heavy atom. The molecular formula is C22H18N2OS3. The van der Waals surface area contributed by atoms with Gasteiger partial charge in [-0.2, -0.15) is 0 Å². The van der Waals surface area contributed by atoms with E-state index in [4.69, 9.17) is 4.98 Å². The molecule has 4 heterocycles. The molecule has 0 radical (unpaired) electrons. The van der Waals surface area contributed by atoms with Gasteiger partial charge in [0.25, 0.3) is 0 Å². The van der Waals surface area contributed by atoms with Crippen LogP contribution in [0.4, 0.5) is 0 Å². The first-order valence-corrected chi connectivity index (χ1v) is 11.8. The van der Waals surface area contributed by atoms with Gasteiger partial charge in [0.15, 0.2) is 0 Å². The third-order valence-electron chi connectivity index (χ3n) is 4.94. The highest BCUT2D eigenvalue weighted by Gasteiger charge is 2.24. The Labute approximate surface area is 175 Å². The number of thiophene rings is 2. The van der Waals surface area contributed by atoms with Gasteiger partial charge in [-0.1, -0.05) is 36.4 Å². The van der Waals surface area contributed by atoms with E-state index in [1.807, 2.05) is 29.2 Å².